The van der Waals surface area contributed by atoms with E-state index < -0.39 is 5.97 Å². The number of pyridine rings is 1. The number of hydrogen-bond acceptors (Lipinski definition) is 6. The van der Waals surface area contributed by atoms with Crippen molar-refractivity contribution in [2.45, 2.75) is 13.8 Å². The van der Waals surface area contributed by atoms with Crippen LogP contribution in [0.15, 0.2) is 48.8 Å². The highest BCUT2D eigenvalue weighted by atomic mass is 17.2. The molecular formula is C20H23N3O4. The fourth-order valence-electron chi connectivity index (χ4n) is 2.76. The molecule has 1 amide bonds. The minimum absolute atomic E-state index is 0.0229. The van der Waals surface area contributed by atoms with Crippen LogP contribution in [-0.4, -0.2) is 47.9 Å². The van der Waals surface area contributed by atoms with Gasteiger partial charge in [0.25, 0.3) is 5.91 Å². The minimum atomic E-state index is -0.413. The first-order chi connectivity index (χ1) is 13.0. The van der Waals surface area contributed by atoms with E-state index in [0.717, 1.165) is 5.69 Å². The van der Waals surface area contributed by atoms with Crippen molar-refractivity contribution in [1.82, 2.24) is 9.88 Å². The van der Waals surface area contributed by atoms with Crippen molar-refractivity contribution >= 4 is 17.6 Å². The Kier molecular flexibility index (Phi) is 5.90. The molecule has 1 aromatic carbocycles. The van der Waals surface area contributed by atoms with Crippen LogP contribution in [0.4, 0.5) is 5.69 Å². The summed E-state index contributed by atoms with van der Waals surface area (Å²) in [6.07, 6.45) is 3.25. The highest BCUT2D eigenvalue weighted by molar-refractivity contribution is 5.94. The Bertz CT molecular complexity index is 787. The zero-order chi connectivity index (χ0) is 19.2. The molecule has 7 nitrogen and oxygen atoms in total. The van der Waals surface area contributed by atoms with Gasteiger partial charge in [0.2, 0.25) is 0 Å². The zero-order valence-corrected chi connectivity index (χ0v) is 15.5. The normalized spacial score (nSPS) is 14.2. The van der Waals surface area contributed by atoms with Gasteiger partial charge in [0.15, 0.2) is 5.75 Å². The quantitative estimate of drug-likeness (QED) is 0.596. The van der Waals surface area contributed by atoms with Gasteiger partial charge in [-0.15, -0.1) is 0 Å². The molecule has 3 rings (SSSR count). The van der Waals surface area contributed by atoms with Crippen LogP contribution in [0.2, 0.25) is 0 Å². The smallest absolute Gasteiger partial charge is 0.357 e. The van der Waals surface area contributed by atoms with Crippen LogP contribution < -0.4 is 9.79 Å². The maximum atomic E-state index is 12.5. The molecule has 1 aromatic heterocycles. The molecule has 0 N–H and O–H groups in total. The van der Waals surface area contributed by atoms with Gasteiger partial charge >= 0.3 is 5.97 Å². The van der Waals surface area contributed by atoms with E-state index in [1.165, 1.54) is 0 Å². The van der Waals surface area contributed by atoms with Crippen LogP contribution in [0.1, 0.15) is 24.2 Å². The highest BCUT2D eigenvalue weighted by Gasteiger charge is 2.22. The largest absolute Gasteiger partial charge is 0.368 e. The lowest BCUT2D eigenvalue weighted by molar-refractivity contribution is -0.217. The average molecular weight is 369 g/mol. The molecule has 7 heteroatoms. The summed E-state index contributed by atoms with van der Waals surface area (Å²) in [5, 5.41) is 0. The first-order valence-electron chi connectivity index (χ1n) is 8.97. The van der Waals surface area contributed by atoms with Crippen LogP contribution in [0.3, 0.4) is 0 Å². The summed E-state index contributed by atoms with van der Waals surface area (Å²) in [7, 11) is 0. The van der Waals surface area contributed by atoms with Crippen LogP contribution in [0.25, 0.3) is 0 Å². The molecule has 0 atom stereocenters. The first kappa shape index (κ1) is 18.7. The van der Waals surface area contributed by atoms with Crippen molar-refractivity contribution in [2.75, 3.05) is 31.1 Å². The fraction of sp³-hybridized carbons (Fsp3) is 0.350. The van der Waals surface area contributed by atoms with Crippen LogP contribution in [0.5, 0.6) is 5.75 Å². The Hall–Kier alpha value is -3.09. The SMILES string of the molecule is CC(C)C(=O)OOc1cccc(N2CCN(C(=O)c3ccncc3)CC2)c1. The van der Waals surface area contributed by atoms with Gasteiger partial charge in [-0.25, -0.2) is 4.79 Å². The molecule has 27 heavy (non-hydrogen) atoms. The number of aromatic nitrogens is 1. The molecule has 1 aliphatic rings. The van der Waals surface area contributed by atoms with E-state index in [4.69, 9.17) is 9.78 Å². The van der Waals surface area contributed by atoms with Gasteiger partial charge in [-0.2, -0.15) is 0 Å². The second-order valence-electron chi connectivity index (χ2n) is 6.65. The maximum absolute atomic E-state index is 12.5. The number of carbonyl (C=O) groups excluding carboxylic acids is 2. The lowest BCUT2D eigenvalue weighted by Gasteiger charge is -2.36. The summed E-state index contributed by atoms with van der Waals surface area (Å²) in [5.41, 5.74) is 1.62. The number of anilines is 1. The van der Waals surface area contributed by atoms with E-state index >= 15 is 0 Å². The number of rotatable bonds is 5. The Balaban J connectivity index is 1.57. The third-order valence-electron chi connectivity index (χ3n) is 4.37. The lowest BCUT2D eigenvalue weighted by atomic mass is 10.2. The third-order valence-corrected chi connectivity index (χ3v) is 4.37. The van der Waals surface area contributed by atoms with Gasteiger partial charge in [-0.05, 0) is 24.3 Å². The fourth-order valence-corrected chi connectivity index (χ4v) is 2.76. The van der Waals surface area contributed by atoms with Gasteiger partial charge in [-0.3, -0.25) is 19.6 Å². The number of amides is 1. The van der Waals surface area contributed by atoms with Crippen molar-refractivity contribution in [3.8, 4) is 5.75 Å². The molecular weight excluding hydrogens is 346 g/mol. The lowest BCUT2D eigenvalue weighted by Crippen LogP contribution is -2.48. The Labute approximate surface area is 158 Å². The van der Waals surface area contributed by atoms with Gasteiger partial charge in [0.05, 0.1) is 5.92 Å². The average Bonchev–Trinajstić information content (AvgIpc) is 2.72. The Morgan fingerprint density at radius 2 is 1.74 bits per heavy atom. The molecule has 0 aliphatic carbocycles. The molecule has 0 spiro atoms. The maximum Gasteiger partial charge on any atom is 0.357 e. The van der Waals surface area contributed by atoms with Crippen molar-refractivity contribution in [1.29, 1.82) is 0 Å². The molecule has 1 aliphatic heterocycles. The first-order valence-corrected chi connectivity index (χ1v) is 8.97. The summed E-state index contributed by atoms with van der Waals surface area (Å²) in [6.45, 7) is 6.19. The summed E-state index contributed by atoms with van der Waals surface area (Å²) in [4.78, 5) is 41.9. The molecule has 0 unspecified atom stereocenters. The Morgan fingerprint density at radius 1 is 1.04 bits per heavy atom. The second-order valence-corrected chi connectivity index (χ2v) is 6.65. The summed E-state index contributed by atoms with van der Waals surface area (Å²) in [5.74, 6) is -0.172. The predicted molar refractivity (Wildman–Crippen MR) is 100 cm³/mol. The summed E-state index contributed by atoms with van der Waals surface area (Å²) >= 11 is 0. The molecule has 0 saturated carbocycles. The summed E-state index contributed by atoms with van der Waals surface area (Å²) in [6, 6.07) is 10.8. The van der Waals surface area contributed by atoms with Crippen molar-refractivity contribution in [2.24, 2.45) is 5.92 Å². The number of nitrogens with zero attached hydrogens (tertiary/aromatic N) is 3. The van der Waals surface area contributed by atoms with Crippen LogP contribution >= 0.6 is 0 Å². The van der Waals surface area contributed by atoms with E-state index in [9.17, 15) is 9.59 Å². The van der Waals surface area contributed by atoms with E-state index in [0.29, 0.717) is 37.5 Å². The van der Waals surface area contributed by atoms with Crippen molar-refractivity contribution < 1.29 is 19.4 Å². The van der Waals surface area contributed by atoms with Crippen LogP contribution in [0, 0.1) is 5.92 Å². The zero-order valence-electron chi connectivity index (χ0n) is 15.5. The van der Waals surface area contributed by atoms with E-state index in [1.807, 2.05) is 23.1 Å². The second kappa shape index (κ2) is 8.53. The molecule has 2 aromatic rings. The third kappa shape index (κ3) is 4.75. The van der Waals surface area contributed by atoms with Gasteiger partial charge in [0, 0.05) is 55.9 Å². The molecule has 2 heterocycles. The van der Waals surface area contributed by atoms with Gasteiger partial charge in [-0.1, -0.05) is 19.9 Å². The highest BCUT2D eigenvalue weighted by Crippen LogP contribution is 2.23. The van der Waals surface area contributed by atoms with Gasteiger partial charge in [0.1, 0.15) is 0 Å². The molecule has 142 valence electrons. The van der Waals surface area contributed by atoms with E-state index in [2.05, 4.69) is 9.88 Å². The number of piperazine rings is 1. The van der Waals surface area contributed by atoms with E-state index in [1.54, 1.807) is 44.4 Å². The van der Waals surface area contributed by atoms with Gasteiger partial charge < -0.3 is 9.80 Å². The topological polar surface area (TPSA) is 72.0 Å². The minimum Gasteiger partial charge on any atom is -0.368 e. The number of benzene rings is 1. The van der Waals surface area contributed by atoms with E-state index in [-0.39, 0.29) is 11.8 Å². The van der Waals surface area contributed by atoms with Crippen molar-refractivity contribution in [3.63, 3.8) is 0 Å². The predicted octanol–water partition coefficient (Wildman–Crippen LogP) is 2.54. The molecule has 1 saturated heterocycles. The molecule has 1 fully saturated rings. The molecule has 0 radical (unpaired) electrons. The van der Waals surface area contributed by atoms with Crippen LogP contribution in [-0.2, 0) is 9.68 Å². The number of hydrogen-bond donors (Lipinski definition) is 0. The standard InChI is InChI=1S/C20H23N3O4/c1-15(2)20(25)27-26-18-5-3-4-17(14-18)22-10-12-23(13-11-22)19(24)16-6-8-21-9-7-16/h3-9,14-15H,10-13H2,1-2H3. The van der Waals surface area contributed by atoms with Crippen molar-refractivity contribution in [3.05, 3.63) is 54.4 Å². The number of carbonyl (C=O) groups is 2. The summed E-state index contributed by atoms with van der Waals surface area (Å²) < 4.78 is 0. The Morgan fingerprint density at radius 3 is 2.41 bits per heavy atom. The molecule has 0 bridgehead atoms. The monoisotopic (exact) mass is 369 g/mol.